The van der Waals surface area contributed by atoms with Gasteiger partial charge in [0, 0.05) is 0 Å². The molecular weight excluding hydrogens is 998 g/mol. The standard InChI is InChI=1S/3H4O7P2.2U/c3*1-8(2,3)7-9(4,5)6;;/h3*(H2,1,2,3)(H2,4,5,6);;/q;;;2*+6/p-12. The van der Waals surface area contributed by atoms with Gasteiger partial charge < -0.3 is 99.0 Å². The molecule has 0 aliphatic heterocycles. The van der Waals surface area contributed by atoms with Gasteiger partial charge in [-0.25, -0.2) is 0 Å². The molecule has 0 aliphatic carbocycles. The molecule has 29 heteroatoms. The molecule has 0 aromatic carbocycles. The molecule has 0 atom stereocenters. The van der Waals surface area contributed by atoms with Crippen molar-refractivity contribution in [3.05, 3.63) is 0 Å². The SMILES string of the molecule is O=P([O-])([O-])OP(=O)([O-])[O-].O=P([O-])([O-])OP(=O)([O-])[O-].O=P([O-])([O-])OP(=O)([O-])[O-].[U+6].[U+6]. The summed E-state index contributed by atoms with van der Waals surface area (Å²) >= 11 is 0. The Hall–Kier alpha value is 2.88. The van der Waals surface area contributed by atoms with E-state index in [-0.39, 0.29) is 62.2 Å². The van der Waals surface area contributed by atoms with Gasteiger partial charge in [0.1, 0.15) is 0 Å². The van der Waals surface area contributed by atoms with Crippen LogP contribution in [0, 0.1) is 62.2 Å². The first-order valence-corrected chi connectivity index (χ1v) is 13.1. The Morgan fingerprint density at radius 1 is 0.310 bits per heavy atom. The molecule has 0 fully saturated rings. The molecule has 0 aromatic heterocycles. The van der Waals surface area contributed by atoms with Gasteiger partial charge in [-0.2, -0.15) is 0 Å². The second-order valence-electron chi connectivity index (χ2n) is 2.93. The predicted octanol–water partition coefficient (Wildman–Crippen LogP) is -10.0. The van der Waals surface area contributed by atoms with Gasteiger partial charge in [-0.05, 0) is 0 Å². The number of phosphoric acid groups is 6. The fourth-order valence-electron chi connectivity index (χ4n) is 0.367. The predicted molar refractivity (Wildman–Crippen MR) is 48.9 cm³/mol. The van der Waals surface area contributed by atoms with Crippen molar-refractivity contribution in [2.45, 2.75) is 0 Å². The summed E-state index contributed by atoms with van der Waals surface area (Å²) in [5, 5.41) is 0. The minimum atomic E-state index is -5.68. The quantitative estimate of drug-likeness (QED) is 0.223. The zero-order valence-electron chi connectivity index (χ0n) is 12.3. The van der Waals surface area contributed by atoms with Crippen LogP contribution in [-0.2, 0) is 40.3 Å². The van der Waals surface area contributed by atoms with Crippen LogP contribution in [0.15, 0.2) is 0 Å². The maximum atomic E-state index is 9.32. The van der Waals surface area contributed by atoms with Crippen molar-refractivity contribution in [3.63, 3.8) is 0 Å². The molecule has 29 heavy (non-hydrogen) atoms. The van der Waals surface area contributed by atoms with Gasteiger partial charge in [-0.3, -0.25) is 0 Å². The maximum absolute atomic E-state index is 9.32. The Morgan fingerprint density at radius 2 is 0.379 bits per heavy atom. The van der Waals surface area contributed by atoms with Gasteiger partial charge in [-0.1, -0.05) is 0 Å². The van der Waals surface area contributed by atoms with Crippen molar-refractivity contribution < 1.29 is 161 Å². The minimum absolute atomic E-state index is 0. The van der Waals surface area contributed by atoms with Crippen LogP contribution in [0.1, 0.15) is 0 Å². The van der Waals surface area contributed by atoms with Crippen molar-refractivity contribution in [2.75, 3.05) is 0 Å². The normalized spacial score (nSPS) is 12.8. The topological polar surface area (TPSA) is 407 Å². The molecule has 0 amide bonds. The Bertz CT molecular complexity index is 552. The summed E-state index contributed by atoms with van der Waals surface area (Å²) in [6.07, 6.45) is 0. The summed E-state index contributed by atoms with van der Waals surface area (Å²) in [5.74, 6) is 0. The summed E-state index contributed by atoms with van der Waals surface area (Å²) in [5.41, 5.74) is 0. The Labute approximate surface area is 206 Å². The number of rotatable bonds is 6. The third kappa shape index (κ3) is 59.1. The van der Waals surface area contributed by atoms with E-state index in [1.165, 1.54) is 0 Å². The van der Waals surface area contributed by atoms with E-state index < -0.39 is 46.9 Å². The van der Waals surface area contributed by atoms with Crippen LogP contribution in [0.3, 0.4) is 0 Å². The van der Waals surface area contributed by atoms with Gasteiger partial charge in [0.15, 0.2) is 0 Å². The molecule has 21 nitrogen and oxygen atoms in total. The molecule has 0 saturated heterocycles. The fourth-order valence-corrected chi connectivity index (χ4v) is 3.31. The first-order valence-electron chi connectivity index (χ1n) is 4.38. The van der Waals surface area contributed by atoms with Gasteiger partial charge >= 0.3 is 62.2 Å². The van der Waals surface area contributed by atoms with E-state index in [1.54, 1.807) is 0 Å². The largest absolute Gasteiger partial charge is 6.00 e. The number of hydrogen-bond acceptors (Lipinski definition) is 21. The summed E-state index contributed by atoms with van der Waals surface area (Å²) in [6.45, 7) is 0. The van der Waals surface area contributed by atoms with Gasteiger partial charge in [0.05, 0.1) is 46.9 Å². The van der Waals surface area contributed by atoms with Crippen molar-refractivity contribution in [1.82, 2.24) is 0 Å². The molecule has 0 aliphatic rings. The van der Waals surface area contributed by atoms with Gasteiger partial charge in [0.2, 0.25) is 0 Å². The first-order chi connectivity index (χ1) is 11.1. The molecular formula is O21P6U2. The molecule has 0 N–H and O–H groups in total. The smallest absolute Gasteiger partial charge is 0.790 e. The Kier molecular flexibility index (Phi) is 22.8. The van der Waals surface area contributed by atoms with Crippen LogP contribution in [0.5, 0.6) is 0 Å². The second-order valence-corrected chi connectivity index (χ2v) is 10.3. The van der Waals surface area contributed by atoms with Gasteiger partial charge in [0.25, 0.3) is 0 Å². The molecule has 0 bridgehead atoms. The summed E-state index contributed by atoms with van der Waals surface area (Å²) in [7, 11) is -34.1. The van der Waals surface area contributed by atoms with Crippen molar-refractivity contribution in [3.8, 4) is 0 Å². The van der Waals surface area contributed by atoms with Crippen molar-refractivity contribution >= 4 is 46.9 Å². The molecule has 0 radical (unpaired) electrons. The Balaban J connectivity index is -0.0000000960. The van der Waals surface area contributed by atoms with E-state index in [1.807, 2.05) is 0 Å². The second kappa shape index (κ2) is 15.7. The van der Waals surface area contributed by atoms with E-state index in [4.69, 9.17) is 0 Å². The molecule has 0 saturated carbocycles. The average molecular weight is 998 g/mol. The van der Waals surface area contributed by atoms with Crippen LogP contribution in [0.2, 0.25) is 0 Å². The molecule has 164 valence electrons. The fraction of sp³-hybridized carbons (Fsp3) is 0. The maximum Gasteiger partial charge on any atom is 6.00 e. The minimum Gasteiger partial charge on any atom is -0.790 e. The summed E-state index contributed by atoms with van der Waals surface area (Å²) in [4.78, 5) is 112. The van der Waals surface area contributed by atoms with Crippen LogP contribution >= 0.6 is 46.9 Å². The molecule has 0 rings (SSSR count). The molecule has 0 spiro atoms. The average Bonchev–Trinajstić information content (AvgIpc) is 1.96. The number of hydrogen-bond donors (Lipinski definition) is 0. The van der Waals surface area contributed by atoms with Crippen molar-refractivity contribution in [1.29, 1.82) is 0 Å². The van der Waals surface area contributed by atoms with Crippen LogP contribution in [-0.4, -0.2) is 0 Å². The molecule has 0 heterocycles. The third-order valence-corrected chi connectivity index (χ3v) is 5.40. The summed E-state index contributed by atoms with van der Waals surface area (Å²) in [6, 6.07) is 0. The van der Waals surface area contributed by atoms with E-state index >= 15 is 0 Å². The van der Waals surface area contributed by atoms with Crippen LogP contribution < -0.4 is 58.7 Å². The Morgan fingerprint density at radius 3 is 0.379 bits per heavy atom. The third-order valence-electron chi connectivity index (χ3n) is 0.600. The van der Waals surface area contributed by atoms with Gasteiger partial charge in [-0.15, -0.1) is 0 Å². The van der Waals surface area contributed by atoms with Crippen molar-refractivity contribution in [2.24, 2.45) is 0 Å². The zero-order valence-corrected chi connectivity index (χ0v) is 26.0. The first kappa shape index (κ1) is 42.1. The van der Waals surface area contributed by atoms with E-state index in [2.05, 4.69) is 12.9 Å². The molecule has 0 aromatic rings. The van der Waals surface area contributed by atoms with Crippen LogP contribution in [0.25, 0.3) is 0 Å². The van der Waals surface area contributed by atoms with E-state index in [9.17, 15) is 86.1 Å². The van der Waals surface area contributed by atoms with E-state index in [0.29, 0.717) is 0 Å². The van der Waals surface area contributed by atoms with E-state index in [0.717, 1.165) is 0 Å². The summed E-state index contributed by atoms with van der Waals surface area (Å²) < 4.78 is 63.5. The monoisotopic (exact) mass is 998 g/mol. The molecule has 0 unspecified atom stereocenters. The van der Waals surface area contributed by atoms with Crippen LogP contribution in [0.4, 0.5) is 0 Å². The zero-order chi connectivity index (χ0) is 23.1.